The molecule has 0 aliphatic heterocycles. The van der Waals surface area contributed by atoms with Gasteiger partial charge in [-0.1, -0.05) is 97.1 Å². The zero-order valence-corrected chi connectivity index (χ0v) is 19.2. The van der Waals surface area contributed by atoms with Gasteiger partial charge < -0.3 is 0 Å². The maximum atomic E-state index is 12.8. The van der Waals surface area contributed by atoms with E-state index in [0.717, 1.165) is 32.7 Å². The summed E-state index contributed by atoms with van der Waals surface area (Å²) in [5, 5.41) is 9.76. The molecule has 0 amide bonds. The van der Waals surface area contributed by atoms with Crippen molar-refractivity contribution in [1.82, 2.24) is 0 Å². The Labute approximate surface area is 205 Å². The molecule has 0 aliphatic rings. The van der Waals surface area contributed by atoms with Crippen molar-refractivity contribution in [2.75, 3.05) is 0 Å². The van der Waals surface area contributed by atoms with Crippen molar-refractivity contribution in [2.24, 2.45) is 0 Å². The van der Waals surface area contributed by atoms with E-state index in [1.807, 2.05) is 36.4 Å². The average molecular weight is 459 g/mol. The van der Waals surface area contributed by atoms with Crippen LogP contribution < -0.4 is 10.9 Å². The van der Waals surface area contributed by atoms with E-state index in [9.17, 15) is 9.59 Å². The molecule has 166 valence electrons. The Morgan fingerprint density at radius 3 is 1.11 bits per heavy atom. The SMILES string of the molecule is O=c1c(=O)c2ccc3c4c(-c5ccccc5)c5ccccc5c(-c5ccccc5)c4c4ccc1c2c43. The van der Waals surface area contributed by atoms with Gasteiger partial charge in [-0.2, -0.15) is 0 Å². The van der Waals surface area contributed by atoms with E-state index in [2.05, 4.69) is 72.8 Å². The lowest BCUT2D eigenvalue weighted by Gasteiger charge is -2.16. The van der Waals surface area contributed by atoms with Crippen LogP contribution in [0.4, 0.5) is 0 Å². The molecule has 0 N–H and O–H groups in total. The van der Waals surface area contributed by atoms with Crippen LogP contribution in [-0.4, -0.2) is 0 Å². The van der Waals surface area contributed by atoms with Gasteiger partial charge in [-0.05, 0) is 72.1 Å². The molecule has 36 heavy (non-hydrogen) atoms. The predicted molar refractivity (Wildman–Crippen MR) is 151 cm³/mol. The van der Waals surface area contributed by atoms with E-state index >= 15 is 0 Å². The maximum absolute atomic E-state index is 12.8. The first-order valence-corrected chi connectivity index (χ1v) is 12.1. The summed E-state index contributed by atoms with van der Waals surface area (Å²) in [6.45, 7) is 0. The van der Waals surface area contributed by atoms with Gasteiger partial charge in [0.25, 0.3) is 0 Å². The van der Waals surface area contributed by atoms with Crippen LogP contribution in [0, 0.1) is 0 Å². The Kier molecular flexibility index (Phi) is 3.72. The quantitative estimate of drug-likeness (QED) is 0.248. The Morgan fingerprint density at radius 2 is 0.667 bits per heavy atom. The van der Waals surface area contributed by atoms with Gasteiger partial charge in [-0.3, -0.25) is 9.59 Å². The van der Waals surface area contributed by atoms with E-state index < -0.39 is 10.9 Å². The molecule has 0 fully saturated rings. The van der Waals surface area contributed by atoms with Crippen LogP contribution in [0.5, 0.6) is 0 Å². The second kappa shape index (κ2) is 6.87. The minimum atomic E-state index is -0.401. The second-order valence-electron chi connectivity index (χ2n) is 9.51. The van der Waals surface area contributed by atoms with Crippen molar-refractivity contribution in [1.29, 1.82) is 0 Å². The van der Waals surface area contributed by atoms with Crippen molar-refractivity contribution < 1.29 is 0 Å². The minimum Gasteiger partial charge on any atom is -0.285 e. The Morgan fingerprint density at radius 1 is 0.306 bits per heavy atom. The maximum Gasteiger partial charge on any atom is 0.234 e. The summed E-state index contributed by atoms with van der Waals surface area (Å²) in [6.07, 6.45) is 0. The van der Waals surface area contributed by atoms with Crippen LogP contribution in [0.15, 0.2) is 119 Å². The number of hydrogen-bond donors (Lipinski definition) is 0. The molecule has 0 radical (unpaired) electrons. The van der Waals surface area contributed by atoms with Gasteiger partial charge in [0.2, 0.25) is 10.9 Å². The Balaban J connectivity index is 1.77. The van der Waals surface area contributed by atoms with E-state index in [1.54, 1.807) is 0 Å². The molecule has 0 unspecified atom stereocenters. The molecule has 0 saturated heterocycles. The predicted octanol–water partition coefficient (Wildman–Crippen LogP) is 7.82. The van der Waals surface area contributed by atoms with Gasteiger partial charge in [-0.25, -0.2) is 0 Å². The molecule has 2 nitrogen and oxygen atoms in total. The molecule has 8 rings (SSSR count). The standard InChI is InChI=1S/C34H18O2/c35-33-25-17-15-23-29-24(16-18-26(30(25)29)34(33)36)32-28(20-11-5-2-6-12-20)22-14-8-7-13-21(22)27(31(23)32)19-9-3-1-4-10-19/h1-18H. The van der Waals surface area contributed by atoms with Gasteiger partial charge >= 0.3 is 0 Å². The summed E-state index contributed by atoms with van der Waals surface area (Å²) in [7, 11) is 0. The summed E-state index contributed by atoms with van der Waals surface area (Å²) in [5.74, 6) is 0. The third kappa shape index (κ3) is 2.31. The fourth-order valence-electron chi connectivity index (χ4n) is 6.32. The molecule has 0 heterocycles. The number of rotatable bonds is 2. The molecular weight excluding hydrogens is 440 g/mol. The fourth-order valence-corrected chi connectivity index (χ4v) is 6.32. The highest BCUT2D eigenvalue weighted by molar-refractivity contribution is 6.42. The second-order valence-corrected chi connectivity index (χ2v) is 9.51. The average Bonchev–Trinajstić information content (AvgIpc) is 3.39. The highest BCUT2D eigenvalue weighted by atomic mass is 16.2. The number of benzene rings is 6. The lowest BCUT2D eigenvalue weighted by molar-refractivity contribution is 1.66. The van der Waals surface area contributed by atoms with Crippen molar-refractivity contribution in [3.63, 3.8) is 0 Å². The Bertz CT molecular complexity index is 2060. The third-order valence-corrected chi connectivity index (χ3v) is 7.74. The van der Waals surface area contributed by atoms with Crippen LogP contribution in [0.1, 0.15) is 0 Å². The lowest BCUT2D eigenvalue weighted by atomic mass is 9.86. The van der Waals surface area contributed by atoms with Crippen LogP contribution >= 0.6 is 0 Å². The van der Waals surface area contributed by atoms with E-state index in [0.29, 0.717) is 10.8 Å². The molecule has 8 aromatic carbocycles. The first-order valence-electron chi connectivity index (χ1n) is 12.1. The van der Waals surface area contributed by atoms with Gasteiger partial charge in [0, 0.05) is 16.2 Å². The lowest BCUT2D eigenvalue weighted by Crippen LogP contribution is -2.16. The molecular formula is C34H18O2. The summed E-state index contributed by atoms with van der Waals surface area (Å²) in [5.41, 5.74) is 3.87. The summed E-state index contributed by atoms with van der Waals surface area (Å²) in [4.78, 5) is 25.6. The van der Waals surface area contributed by atoms with Crippen LogP contribution in [-0.2, 0) is 0 Å². The van der Waals surface area contributed by atoms with Gasteiger partial charge in [0.15, 0.2) is 0 Å². The van der Waals surface area contributed by atoms with E-state index in [-0.39, 0.29) is 0 Å². The number of fused-ring (bicyclic) bond motifs is 4. The van der Waals surface area contributed by atoms with Gasteiger partial charge in [0.1, 0.15) is 0 Å². The van der Waals surface area contributed by atoms with Gasteiger partial charge in [-0.15, -0.1) is 0 Å². The van der Waals surface area contributed by atoms with Crippen molar-refractivity contribution in [3.8, 4) is 22.3 Å². The molecule has 0 saturated carbocycles. The Hall–Kier alpha value is -4.82. The normalized spacial score (nSPS) is 12.1. The minimum absolute atomic E-state index is 0.401. The van der Waals surface area contributed by atoms with Gasteiger partial charge in [0.05, 0.1) is 0 Å². The highest BCUT2D eigenvalue weighted by Crippen LogP contribution is 2.51. The third-order valence-electron chi connectivity index (χ3n) is 7.74. The van der Waals surface area contributed by atoms with Crippen LogP contribution in [0.3, 0.4) is 0 Å². The summed E-state index contributed by atoms with van der Waals surface area (Å²) < 4.78 is 0. The van der Waals surface area contributed by atoms with Crippen molar-refractivity contribution in [3.05, 3.63) is 130 Å². The molecule has 8 aromatic rings. The number of hydrogen-bond acceptors (Lipinski definition) is 2. The molecule has 0 aliphatic carbocycles. The largest absolute Gasteiger partial charge is 0.285 e. The topological polar surface area (TPSA) is 34.1 Å². The first kappa shape index (κ1) is 19.5. The fraction of sp³-hybridized carbons (Fsp3) is 0. The summed E-state index contributed by atoms with van der Waals surface area (Å²) in [6, 6.07) is 37.4. The van der Waals surface area contributed by atoms with Crippen molar-refractivity contribution in [2.45, 2.75) is 0 Å². The molecule has 0 aromatic heterocycles. The van der Waals surface area contributed by atoms with E-state index in [1.165, 1.54) is 32.7 Å². The highest BCUT2D eigenvalue weighted by Gasteiger charge is 2.25. The first-order chi connectivity index (χ1) is 17.7. The monoisotopic (exact) mass is 458 g/mol. The molecule has 0 bridgehead atoms. The molecule has 2 heteroatoms. The van der Waals surface area contributed by atoms with Crippen LogP contribution in [0.25, 0.3) is 76.1 Å². The van der Waals surface area contributed by atoms with E-state index in [4.69, 9.17) is 0 Å². The zero-order valence-electron chi connectivity index (χ0n) is 19.2. The molecule has 0 spiro atoms. The smallest absolute Gasteiger partial charge is 0.234 e. The zero-order chi connectivity index (χ0) is 24.0. The van der Waals surface area contributed by atoms with Crippen molar-refractivity contribution >= 4 is 53.9 Å². The van der Waals surface area contributed by atoms with Crippen LogP contribution in [0.2, 0.25) is 0 Å². The summed E-state index contributed by atoms with van der Waals surface area (Å²) >= 11 is 0. The molecule has 0 atom stereocenters.